The van der Waals surface area contributed by atoms with Crippen LogP contribution in [-0.4, -0.2) is 106 Å². The van der Waals surface area contributed by atoms with Gasteiger partial charge in [-0.3, -0.25) is 49.5 Å². The van der Waals surface area contributed by atoms with Crippen LogP contribution in [0.2, 0.25) is 0 Å². The molecule has 0 aliphatic heterocycles. The predicted molar refractivity (Wildman–Crippen MR) is 281 cm³/mol. The zero-order valence-electron chi connectivity index (χ0n) is 42.6. The zero-order chi connectivity index (χ0) is 55.8. The van der Waals surface area contributed by atoms with E-state index < -0.39 is 39.1 Å². The molecule has 0 spiro atoms. The highest BCUT2D eigenvalue weighted by Gasteiger charge is 2.23. The van der Waals surface area contributed by atoms with Gasteiger partial charge in [0.05, 0.1) is 27.0 Å². The molecule has 6 aromatic rings. The Morgan fingerprint density at radius 3 is 0.987 bits per heavy atom. The van der Waals surface area contributed by atoms with Crippen molar-refractivity contribution in [2.75, 3.05) is 42.3 Å². The summed E-state index contributed by atoms with van der Waals surface area (Å²) in [5.74, 6) is -0.192. The van der Waals surface area contributed by atoms with E-state index >= 15 is 0 Å². The quantitative estimate of drug-likeness (QED) is 0.0517. The van der Waals surface area contributed by atoms with Crippen molar-refractivity contribution in [1.82, 2.24) is 14.7 Å². The van der Waals surface area contributed by atoms with Gasteiger partial charge in [-0.2, -0.15) is 0 Å². The lowest BCUT2D eigenvalue weighted by Crippen LogP contribution is -2.21. The third kappa shape index (κ3) is 17.2. The van der Waals surface area contributed by atoms with Crippen LogP contribution in [0.15, 0.2) is 127 Å². The maximum absolute atomic E-state index is 12.1. The summed E-state index contributed by atoms with van der Waals surface area (Å²) in [5.41, 5.74) is 2.08. The largest absolute Gasteiger partial charge is 0.458 e. The van der Waals surface area contributed by atoms with Crippen LogP contribution >= 0.6 is 0 Å². The minimum atomic E-state index is -0.783. The van der Waals surface area contributed by atoms with Gasteiger partial charge in [-0.05, 0) is 128 Å². The highest BCUT2D eigenvalue weighted by Crippen LogP contribution is 2.37. The molecular formula is C54H60N6O16. The average molecular weight is 1050 g/mol. The number of nitro groups is 3. The zero-order valence-corrected chi connectivity index (χ0v) is 42.6. The summed E-state index contributed by atoms with van der Waals surface area (Å²) in [5, 5.41) is 52.9. The summed E-state index contributed by atoms with van der Waals surface area (Å²) in [7, 11) is 9.78. The van der Waals surface area contributed by atoms with Gasteiger partial charge in [0.2, 0.25) is 17.2 Å². The Balaban J connectivity index is 0.000000299. The monoisotopic (exact) mass is 1050 g/mol. The first-order chi connectivity index (χ1) is 35.3. The number of rotatable bonds is 16. The number of carbonyl (C=O) groups is 4. The molecule has 0 saturated heterocycles. The second-order valence-electron chi connectivity index (χ2n) is 17.0. The normalized spacial score (nSPS) is 11.4. The molecule has 0 aliphatic rings. The molecule has 0 aliphatic carbocycles. The molecule has 6 rings (SSSR count). The van der Waals surface area contributed by atoms with Crippen molar-refractivity contribution in [3.63, 3.8) is 0 Å². The first kappa shape index (κ1) is 61.0. The highest BCUT2D eigenvalue weighted by molar-refractivity contribution is 5.95. The van der Waals surface area contributed by atoms with Crippen molar-refractivity contribution in [3.8, 4) is 34.5 Å². The van der Waals surface area contributed by atoms with Gasteiger partial charge in [-0.1, -0.05) is 25.6 Å². The summed E-state index contributed by atoms with van der Waals surface area (Å²) in [6, 6.07) is 31.7. The number of carbonyl (C=O) groups excluding carboxylic acids is 4. The third-order valence-corrected chi connectivity index (χ3v) is 10.5. The van der Waals surface area contributed by atoms with E-state index in [9.17, 15) is 59.7 Å². The Kier molecular flexibility index (Phi) is 22.2. The molecule has 1 unspecified atom stereocenters. The maximum Gasteiger partial charge on any atom is 0.311 e. The number of ether oxygens (including phenoxy) is 4. The lowest BCUT2D eigenvalue weighted by molar-refractivity contribution is -0.385. The molecule has 22 heteroatoms. The predicted octanol–water partition coefficient (Wildman–Crippen LogP) is 10.6. The molecule has 0 radical (unpaired) electrons. The number of nitrogens with zero attached hydrogens (tertiary/aromatic N) is 6. The van der Waals surface area contributed by atoms with E-state index in [-0.39, 0.29) is 65.2 Å². The Labute approximate surface area is 438 Å². The lowest BCUT2D eigenvalue weighted by Gasteiger charge is -2.15. The van der Waals surface area contributed by atoms with Crippen LogP contribution in [0, 0.1) is 30.3 Å². The minimum Gasteiger partial charge on any atom is -0.458 e. The molecule has 402 valence electrons. The molecule has 0 saturated carbocycles. The molecule has 0 aromatic heterocycles. The lowest BCUT2D eigenvalue weighted by atomic mass is 10.1. The second kappa shape index (κ2) is 27.7. The molecule has 0 heterocycles. The smallest absolute Gasteiger partial charge is 0.311 e. The van der Waals surface area contributed by atoms with Crippen LogP contribution in [0.3, 0.4) is 0 Å². The van der Waals surface area contributed by atoms with E-state index in [1.54, 1.807) is 118 Å². The number of benzene rings is 6. The van der Waals surface area contributed by atoms with Crippen LogP contribution in [-0.2, 0) is 9.53 Å². The van der Waals surface area contributed by atoms with E-state index in [0.29, 0.717) is 44.9 Å². The summed E-state index contributed by atoms with van der Waals surface area (Å²) in [6.07, 6.45) is -2.16. The third-order valence-electron chi connectivity index (χ3n) is 10.5. The number of hydrogen-bond acceptors (Lipinski definition) is 16. The van der Waals surface area contributed by atoms with Gasteiger partial charge >= 0.3 is 23.0 Å². The van der Waals surface area contributed by atoms with Crippen molar-refractivity contribution in [1.29, 1.82) is 0 Å². The number of amides is 3. The topological polar surface area (TPSA) is 285 Å². The van der Waals surface area contributed by atoms with Crippen molar-refractivity contribution >= 4 is 40.8 Å². The summed E-state index contributed by atoms with van der Waals surface area (Å²) < 4.78 is 22.0. The summed E-state index contributed by atoms with van der Waals surface area (Å²) >= 11 is 0. The molecule has 3 atom stereocenters. The van der Waals surface area contributed by atoms with E-state index in [1.807, 2.05) is 0 Å². The highest BCUT2D eigenvalue weighted by atomic mass is 16.6. The van der Waals surface area contributed by atoms with Crippen LogP contribution in [0.25, 0.3) is 0 Å². The van der Waals surface area contributed by atoms with Crippen LogP contribution in [0.1, 0.15) is 101 Å². The van der Waals surface area contributed by atoms with Gasteiger partial charge in [-0.25, -0.2) is 0 Å². The minimum absolute atomic E-state index is 0. The van der Waals surface area contributed by atoms with Gasteiger partial charge in [0.1, 0.15) is 23.4 Å². The van der Waals surface area contributed by atoms with E-state index in [4.69, 9.17) is 18.9 Å². The first-order valence-electron chi connectivity index (χ1n) is 22.6. The summed E-state index contributed by atoms with van der Waals surface area (Å²) in [4.78, 5) is 83.4. The number of esters is 1. The van der Waals surface area contributed by atoms with Gasteiger partial charge in [0, 0.05) is 84.1 Å². The number of aliphatic hydroxyl groups excluding tert-OH is 2. The van der Waals surface area contributed by atoms with Crippen LogP contribution < -0.4 is 14.2 Å². The van der Waals surface area contributed by atoms with Gasteiger partial charge in [-0.15, -0.1) is 0 Å². The molecule has 2 N–H and O–H groups in total. The SMILES string of the molecule is C.CC(=O)O[C@H](C)c1ccc([N+](=O)[O-])c(Oc2cccc(C(=O)N(C)C)c2)c1.CC(O)c1ccc([N+](=O)[O-])c(Oc2cccc(C(=O)N(C)C)c2)c1.C[C@H](O)c1ccc([N+](=O)[O-])c(Oc2cccc(C(=O)N(C)C)c2)c1. The number of nitro benzene ring substituents is 3. The van der Waals surface area contributed by atoms with E-state index in [0.717, 1.165) is 0 Å². The maximum atomic E-state index is 12.1. The Bertz CT molecular complexity index is 2930. The van der Waals surface area contributed by atoms with E-state index in [1.165, 1.54) is 94.4 Å². The van der Waals surface area contributed by atoms with Crippen molar-refractivity contribution < 1.29 is 63.1 Å². The fourth-order valence-electron chi connectivity index (χ4n) is 6.61. The standard InChI is InChI=1S/C19H20N2O6.2C17H18N2O5.CH4/c1-12(26-13(2)22)14-8-9-17(21(24)25)18(11-14)27-16-7-5-6-15(10-16)19(23)20(3)4;2*1-11(20)12-7-8-15(19(22)23)16(10-12)24-14-6-4-5-13(9-14)17(21)18(2)3;/h5-12H,1-4H3;2*4-11,20H,1-3H3;1H4/t12-;11-;;/m10../s1. The van der Waals surface area contributed by atoms with E-state index in [2.05, 4.69) is 0 Å². The molecule has 0 bridgehead atoms. The fraction of sp³-hybridized carbons (Fsp3) is 0.259. The Hall–Kier alpha value is -9.28. The van der Waals surface area contributed by atoms with Gasteiger partial charge in [0.15, 0.2) is 0 Å². The van der Waals surface area contributed by atoms with Crippen molar-refractivity contribution in [2.45, 2.75) is 53.4 Å². The second-order valence-corrected chi connectivity index (χ2v) is 17.0. The number of hydrogen-bond donors (Lipinski definition) is 2. The molecule has 0 fully saturated rings. The number of aliphatic hydroxyl groups is 2. The molecule has 76 heavy (non-hydrogen) atoms. The van der Waals surface area contributed by atoms with Gasteiger partial charge < -0.3 is 43.9 Å². The van der Waals surface area contributed by atoms with Crippen molar-refractivity contribution in [3.05, 3.63) is 191 Å². The Morgan fingerprint density at radius 2 is 0.737 bits per heavy atom. The fourth-order valence-corrected chi connectivity index (χ4v) is 6.61. The molecule has 22 nitrogen and oxygen atoms in total. The molecular weight excluding hydrogens is 989 g/mol. The molecule has 3 amide bonds. The molecule has 6 aromatic carbocycles. The first-order valence-corrected chi connectivity index (χ1v) is 22.6. The van der Waals surface area contributed by atoms with Gasteiger partial charge in [0.25, 0.3) is 17.7 Å². The van der Waals surface area contributed by atoms with Crippen LogP contribution in [0.4, 0.5) is 17.1 Å². The van der Waals surface area contributed by atoms with Crippen LogP contribution in [0.5, 0.6) is 34.5 Å². The summed E-state index contributed by atoms with van der Waals surface area (Å²) in [6.45, 7) is 6.05. The Morgan fingerprint density at radius 1 is 0.461 bits per heavy atom. The average Bonchev–Trinajstić information content (AvgIpc) is 3.35. The van der Waals surface area contributed by atoms with Crippen molar-refractivity contribution in [2.24, 2.45) is 0 Å².